The lowest BCUT2D eigenvalue weighted by molar-refractivity contribution is -0.291. The van der Waals surface area contributed by atoms with Crippen LogP contribution in [0.25, 0.3) is 10.9 Å². The van der Waals surface area contributed by atoms with E-state index in [2.05, 4.69) is 16.8 Å². The van der Waals surface area contributed by atoms with Gasteiger partial charge in [0.15, 0.2) is 17.6 Å². The summed E-state index contributed by atoms with van der Waals surface area (Å²) in [6.07, 6.45) is -10.6. The lowest BCUT2D eigenvalue weighted by Crippen LogP contribution is -2.66. The Morgan fingerprint density at radius 1 is 1.02 bits per heavy atom. The molecule has 6 heterocycles. The predicted octanol–water partition coefficient (Wildman–Crippen LogP) is 1.88. The highest BCUT2D eigenvalue weighted by molar-refractivity contribution is 5.90. The lowest BCUT2D eigenvalue weighted by Gasteiger charge is -2.43. The van der Waals surface area contributed by atoms with Gasteiger partial charge in [-0.3, -0.25) is 9.59 Å². The number of aliphatic hydroxyl groups excluding tert-OH is 4. The first kappa shape index (κ1) is 42.0. The normalized spacial score (nSPS) is 26.2. The maximum Gasteiger partial charge on any atom is 0.317 e. The van der Waals surface area contributed by atoms with Crippen molar-refractivity contribution in [1.29, 1.82) is 0 Å². The molecule has 0 radical (unpaired) electrons. The zero-order valence-electron chi connectivity index (χ0n) is 33.8. The molecule has 3 aromatic carbocycles. The number of aliphatic carboxylic acids is 1. The molecule has 1 fully saturated rings. The fourth-order valence-electron chi connectivity index (χ4n) is 9.05. The van der Waals surface area contributed by atoms with Gasteiger partial charge in [-0.25, -0.2) is 0 Å². The molecular formula is C45H46N4O14. The van der Waals surface area contributed by atoms with Crippen LogP contribution in [0.4, 0.5) is 0 Å². The van der Waals surface area contributed by atoms with E-state index in [-0.39, 0.29) is 25.5 Å². The van der Waals surface area contributed by atoms with Crippen molar-refractivity contribution in [1.82, 2.24) is 9.55 Å². The second-order valence-electron chi connectivity index (χ2n) is 15.8. The molecule has 10 N–H and O–H groups in total. The minimum Gasteiger partial charge on any atom is -0.493 e. The first-order valence-corrected chi connectivity index (χ1v) is 20.4. The summed E-state index contributed by atoms with van der Waals surface area (Å²) in [6, 6.07) is 18.8. The number of aromatic amines is 1. The average molecular weight is 867 g/mol. The summed E-state index contributed by atoms with van der Waals surface area (Å²) in [5, 5.41) is 54.0. The van der Waals surface area contributed by atoms with E-state index in [1.165, 1.54) is 0 Å². The number of nitrogens with zero attached hydrogens (tertiary/aromatic N) is 1. The molecule has 0 saturated carbocycles. The molecule has 1 saturated heterocycles. The van der Waals surface area contributed by atoms with Gasteiger partial charge >= 0.3 is 11.9 Å². The molecule has 18 nitrogen and oxygen atoms in total. The molecule has 4 bridgehead atoms. The zero-order valence-corrected chi connectivity index (χ0v) is 33.8. The van der Waals surface area contributed by atoms with Crippen LogP contribution < -0.4 is 35.2 Å². The van der Waals surface area contributed by atoms with E-state index in [1.54, 1.807) is 25.4 Å². The first-order valence-electron chi connectivity index (χ1n) is 20.4. The van der Waals surface area contributed by atoms with Gasteiger partial charge in [0.05, 0.1) is 49.5 Å². The summed E-state index contributed by atoms with van der Waals surface area (Å²) in [5.41, 5.74) is 16.2. The fraction of sp³-hybridized carbons (Fsp3) is 0.378. The Morgan fingerprint density at radius 3 is 2.57 bits per heavy atom. The van der Waals surface area contributed by atoms with Crippen molar-refractivity contribution in [2.45, 2.75) is 93.0 Å². The highest BCUT2D eigenvalue weighted by atomic mass is 16.7. The molecule has 0 amide bonds. The molecule has 0 aliphatic carbocycles. The van der Waals surface area contributed by atoms with E-state index in [1.807, 2.05) is 59.3 Å². The van der Waals surface area contributed by atoms with Gasteiger partial charge in [-0.1, -0.05) is 48.2 Å². The third-order valence-electron chi connectivity index (χ3n) is 11.9. The van der Waals surface area contributed by atoms with Crippen LogP contribution >= 0.6 is 0 Å². The highest BCUT2D eigenvalue weighted by Gasteiger charge is 2.53. The van der Waals surface area contributed by atoms with Crippen molar-refractivity contribution in [3.63, 3.8) is 0 Å². The largest absolute Gasteiger partial charge is 0.493 e. The molecule has 2 aromatic heterocycles. The van der Waals surface area contributed by atoms with Crippen LogP contribution in [0.5, 0.6) is 28.7 Å². The van der Waals surface area contributed by atoms with Crippen LogP contribution in [0.15, 0.2) is 73.1 Å². The van der Waals surface area contributed by atoms with Crippen molar-refractivity contribution in [3.8, 4) is 40.6 Å². The first-order chi connectivity index (χ1) is 30.4. The Hall–Kier alpha value is -6.30. The van der Waals surface area contributed by atoms with Gasteiger partial charge in [0, 0.05) is 47.9 Å². The minimum atomic E-state index is -1.93. The summed E-state index contributed by atoms with van der Waals surface area (Å²) in [4.78, 5) is 26.8. The molecule has 10 atom stereocenters. The van der Waals surface area contributed by atoms with E-state index < -0.39 is 85.4 Å². The Morgan fingerprint density at radius 2 is 1.83 bits per heavy atom. The van der Waals surface area contributed by atoms with Gasteiger partial charge in [-0.15, -0.1) is 0 Å². The number of hydrogen-bond acceptors (Lipinski definition) is 15. The van der Waals surface area contributed by atoms with E-state index in [0.717, 1.165) is 22.0 Å². The van der Waals surface area contributed by atoms with Crippen LogP contribution in [-0.4, -0.2) is 110 Å². The summed E-state index contributed by atoms with van der Waals surface area (Å²) in [5.74, 6) is 5.01. The van der Waals surface area contributed by atoms with Crippen molar-refractivity contribution >= 4 is 22.8 Å². The number of ether oxygens (including phenoxy) is 7. The number of nitrogens with one attached hydrogen (secondary N) is 1. The number of H-pyrrole nitrogens is 1. The summed E-state index contributed by atoms with van der Waals surface area (Å²) in [6.45, 7) is 0.145. The maximum atomic E-state index is 12.4. The summed E-state index contributed by atoms with van der Waals surface area (Å²) in [7, 11) is 1.56. The van der Waals surface area contributed by atoms with E-state index in [0.29, 0.717) is 46.2 Å². The second-order valence-corrected chi connectivity index (χ2v) is 15.8. The van der Waals surface area contributed by atoms with Crippen LogP contribution in [0, 0.1) is 11.8 Å². The molecule has 18 heteroatoms. The quantitative estimate of drug-likeness (QED) is 0.0385. The predicted molar refractivity (Wildman–Crippen MR) is 220 cm³/mol. The number of aliphatic hydroxyl groups is 4. The number of carboxylic acids is 1. The van der Waals surface area contributed by atoms with Crippen LogP contribution in [0.2, 0.25) is 0 Å². The summed E-state index contributed by atoms with van der Waals surface area (Å²) < 4.78 is 45.6. The smallest absolute Gasteiger partial charge is 0.317 e. The number of nitrogens with two attached hydrogens (primary N) is 2. The number of esters is 1. The number of carbonyl (C=O) groups excluding carboxylic acids is 1. The minimum absolute atomic E-state index is 0.0803. The number of fused-ring (bicyclic) bond motifs is 3. The van der Waals surface area contributed by atoms with E-state index in [4.69, 9.17) is 49.7 Å². The number of rotatable bonds is 12. The maximum absolute atomic E-state index is 12.4. The van der Waals surface area contributed by atoms with Crippen LogP contribution in [-0.2, 0) is 32.2 Å². The molecule has 0 spiro atoms. The molecule has 5 aromatic rings. The molecule has 63 heavy (non-hydrogen) atoms. The Labute approximate surface area is 359 Å². The molecule has 0 unspecified atom stereocenters. The highest BCUT2D eigenvalue weighted by Crippen LogP contribution is 2.61. The Balaban J connectivity index is 1.17. The number of aromatic nitrogens is 2. The standard InChI is InChI=1S/C45H46N4O14/c1-57-28-11-10-26-33-38-25(21-7-3-2-4-8-21)9-5-6-14-58-40(28)39(26)62-41(33)32-23(19-49-18-22-12-13-48-34(22)27(49)20-50)15-24(16-29(32)60-38)59-45-37(56)35(54)36(55)42(63-45)43(44(46)47)61-31(53)17-30(51)52/h2-4,7-8,10-13,15-16,18,25,33,35-38,41-45,48,50,54-56H,6,14,17,19-20,46-47H2,1H3,(H,51,52)/t25-,33-,35+,36+,37-,38-,41+,42+,43+,45-/m1/s1. The average Bonchev–Trinajstić information content (AvgIpc) is 3.97. The van der Waals surface area contributed by atoms with Gasteiger partial charge in [0.2, 0.25) is 12.0 Å². The number of methoxy groups -OCH3 is 1. The number of benzene rings is 3. The fourth-order valence-corrected chi connectivity index (χ4v) is 9.05. The van der Waals surface area contributed by atoms with Gasteiger partial charge in [-0.05, 0) is 29.3 Å². The van der Waals surface area contributed by atoms with E-state index >= 15 is 0 Å². The summed E-state index contributed by atoms with van der Waals surface area (Å²) >= 11 is 0. The Kier molecular flexibility index (Phi) is 11.4. The van der Waals surface area contributed by atoms with Crippen molar-refractivity contribution < 1.29 is 68.3 Å². The topological polar surface area (TPSA) is 273 Å². The molecular weight excluding hydrogens is 821 g/mol. The Bertz CT molecular complexity index is 2580. The van der Waals surface area contributed by atoms with Gasteiger partial charge < -0.3 is 79.7 Å². The monoisotopic (exact) mass is 866 g/mol. The second kappa shape index (κ2) is 17.1. The van der Waals surface area contributed by atoms with Crippen LogP contribution in [0.3, 0.4) is 0 Å². The van der Waals surface area contributed by atoms with Crippen molar-refractivity contribution in [3.05, 3.63) is 101 Å². The third-order valence-corrected chi connectivity index (χ3v) is 11.9. The molecule has 9 rings (SSSR count). The molecule has 4 aliphatic heterocycles. The van der Waals surface area contributed by atoms with Gasteiger partial charge in [-0.2, -0.15) is 0 Å². The lowest BCUT2D eigenvalue weighted by atomic mass is 9.76. The van der Waals surface area contributed by atoms with Gasteiger partial charge in [0.25, 0.3) is 0 Å². The van der Waals surface area contributed by atoms with Crippen molar-refractivity contribution in [2.24, 2.45) is 11.5 Å². The van der Waals surface area contributed by atoms with Gasteiger partial charge in [0.1, 0.15) is 54.5 Å². The van der Waals surface area contributed by atoms with Crippen molar-refractivity contribution in [2.75, 3.05) is 13.7 Å². The number of carboxylic acid groups (broad SMARTS) is 1. The van der Waals surface area contributed by atoms with Crippen LogP contribution in [0.1, 0.15) is 58.7 Å². The SMILES string of the molecule is COc1ccc2c3c1OCCC#C[C@H](c1ccccc1)[C@H]1Oc4cc(O[C@@H]5O[C@H]([C@H](OC(=O)CC(=O)O)C(N)N)[C@@H](O)[C@H](O)[C@H]5O)cc(Cn5cc6cc[nH]c6c5CO)c4[C@H](O3)[C@H]21. The molecule has 330 valence electrons. The number of carbonyl (C=O) groups is 2. The molecule has 4 aliphatic rings. The van der Waals surface area contributed by atoms with E-state index in [9.17, 15) is 30.0 Å². The third kappa shape index (κ3) is 7.67. The number of hydrogen-bond donors (Lipinski definition) is 8. The zero-order chi connectivity index (χ0) is 44.1.